The number of rotatable bonds is 6. The predicted molar refractivity (Wildman–Crippen MR) is 117 cm³/mol. The number of carbonyl (C=O) groups excluding carboxylic acids is 1. The second-order valence-electron chi connectivity index (χ2n) is 8.00. The molecule has 9 heteroatoms. The highest BCUT2D eigenvalue weighted by molar-refractivity contribution is 5.76. The van der Waals surface area contributed by atoms with Crippen molar-refractivity contribution in [3.63, 3.8) is 0 Å². The molecule has 1 aliphatic rings. The van der Waals surface area contributed by atoms with Gasteiger partial charge in [-0.15, -0.1) is 0 Å². The van der Waals surface area contributed by atoms with Crippen LogP contribution in [0.5, 0.6) is 5.75 Å². The van der Waals surface area contributed by atoms with Crippen molar-refractivity contribution in [1.82, 2.24) is 20.0 Å². The molecular formula is C24H25F3N4O2. The van der Waals surface area contributed by atoms with Crippen LogP contribution in [0.4, 0.5) is 13.2 Å². The number of halogens is 3. The highest BCUT2D eigenvalue weighted by atomic mass is 19.4. The Morgan fingerprint density at radius 2 is 1.76 bits per heavy atom. The highest BCUT2D eigenvalue weighted by Gasteiger charge is 2.34. The lowest BCUT2D eigenvalue weighted by molar-refractivity contribution is -0.139. The summed E-state index contributed by atoms with van der Waals surface area (Å²) in [6.45, 7) is 1.99. The quantitative estimate of drug-likeness (QED) is 0.597. The Hall–Kier alpha value is -3.33. The van der Waals surface area contributed by atoms with Gasteiger partial charge in [-0.25, -0.2) is 0 Å². The lowest BCUT2D eigenvalue weighted by Gasteiger charge is -2.23. The number of benzene rings is 2. The van der Waals surface area contributed by atoms with Crippen LogP contribution in [0.15, 0.2) is 54.7 Å². The van der Waals surface area contributed by atoms with Gasteiger partial charge >= 0.3 is 6.18 Å². The Morgan fingerprint density at radius 1 is 1.00 bits per heavy atom. The lowest BCUT2D eigenvalue weighted by atomic mass is 10.1. The van der Waals surface area contributed by atoms with E-state index >= 15 is 0 Å². The van der Waals surface area contributed by atoms with Gasteiger partial charge in [-0.05, 0) is 35.9 Å². The molecule has 33 heavy (non-hydrogen) atoms. The third-order valence-corrected chi connectivity index (χ3v) is 5.86. The van der Waals surface area contributed by atoms with Crippen LogP contribution in [0.2, 0.25) is 0 Å². The predicted octanol–water partition coefficient (Wildman–Crippen LogP) is 4.34. The first-order valence-corrected chi connectivity index (χ1v) is 10.7. The Bertz CT molecular complexity index is 1100. The molecule has 1 aromatic heterocycles. The smallest absolute Gasteiger partial charge is 0.416 e. The van der Waals surface area contributed by atoms with Gasteiger partial charge in [-0.2, -0.15) is 18.3 Å². The minimum absolute atomic E-state index is 0.0504. The van der Waals surface area contributed by atoms with Gasteiger partial charge in [0.25, 0.3) is 0 Å². The molecule has 1 N–H and O–H groups in total. The van der Waals surface area contributed by atoms with Crippen molar-refractivity contribution in [2.75, 3.05) is 26.7 Å². The highest BCUT2D eigenvalue weighted by Crippen LogP contribution is 2.32. The summed E-state index contributed by atoms with van der Waals surface area (Å²) in [5.41, 5.74) is 2.28. The van der Waals surface area contributed by atoms with E-state index in [0.717, 1.165) is 28.6 Å². The van der Waals surface area contributed by atoms with Crippen LogP contribution in [0.25, 0.3) is 11.3 Å². The third kappa shape index (κ3) is 5.36. The number of hydrogen-bond donors (Lipinski definition) is 1. The third-order valence-electron chi connectivity index (χ3n) is 5.86. The van der Waals surface area contributed by atoms with Crippen LogP contribution >= 0.6 is 0 Å². The number of amides is 1. The zero-order valence-corrected chi connectivity index (χ0v) is 18.2. The first-order valence-electron chi connectivity index (χ1n) is 10.7. The molecule has 0 spiro atoms. The Morgan fingerprint density at radius 3 is 2.48 bits per heavy atom. The average molecular weight is 458 g/mol. The number of alkyl halides is 3. The zero-order chi connectivity index (χ0) is 23.4. The van der Waals surface area contributed by atoms with E-state index in [-0.39, 0.29) is 24.4 Å². The zero-order valence-electron chi connectivity index (χ0n) is 18.2. The number of H-pyrrole nitrogens is 1. The minimum Gasteiger partial charge on any atom is -0.497 e. The van der Waals surface area contributed by atoms with Crippen LogP contribution in [0.3, 0.4) is 0 Å². The van der Waals surface area contributed by atoms with Crippen molar-refractivity contribution >= 4 is 5.91 Å². The maximum Gasteiger partial charge on any atom is 0.416 e. The molecule has 0 unspecified atom stereocenters. The summed E-state index contributed by atoms with van der Waals surface area (Å²) < 4.78 is 45.2. The molecule has 174 valence electrons. The minimum atomic E-state index is -4.45. The molecule has 2 aromatic carbocycles. The summed E-state index contributed by atoms with van der Waals surface area (Å²) in [7, 11) is 1.61. The Labute approximate surface area is 190 Å². The van der Waals surface area contributed by atoms with E-state index in [1.165, 1.54) is 17.0 Å². The van der Waals surface area contributed by atoms with Gasteiger partial charge in [-0.1, -0.05) is 18.2 Å². The second-order valence-corrected chi connectivity index (χ2v) is 8.00. The fourth-order valence-electron chi connectivity index (χ4n) is 4.06. The molecule has 3 aromatic rings. The molecule has 0 bridgehead atoms. The molecule has 0 aliphatic carbocycles. The van der Waals surface area contributed by atoms with Crippen molar-refractivity contribution in [2.45, 2.75) is 25.7 Å². The number of methoxy groups -OCH3 is 1. The molecule has 1 fully saturated rings. The normalized spacial score (nSPS) is 15.5. The molecule has 0 radical (unpaired) electrons. The molecule has 0 saturated carbocycles. The maximum atomic E-state index is 13.3. The van der Waals surface area contributed by atoms with Crippen molar-refractivity contribution in [1.29, 1.82) is 0 Å². The molecule has 2 heterocycles. The number of aromatic amines is 1. The van der Waals surface area contributed by atoms with E-state index in [1.807, 2.05) is 24.3 Å². The van der Waals surface area contributed by atoms with Crippen LogP contribution in [0.1, 0.15) is 23.1 Å². The van der Waals surface area contributed by atoms with E-state index in [4.69, 9.17) is 4.74 Å². The lowest BCUT2D eigenvalue weighted by Crippen LogP contribution is -2.33. The van der Waals surface area contributed by atoms with Crippen LogP contribution < -0.4 is 4.74 Å². The summed E-state index contributed by atoms with van der Waals surface area (Å²) in [5.74, 6) is 0.620. The van der Waals surface area contributed by atoms with Gasteiger partial charge in [0, 0.05) is 50.3 Å². The summed E-state index contributed by atoms with van der Waals surface area (Å²) in [4.78, 5) is 16.3. The standard InChI is InChI=1S/C24H25F3N4O2/c1-33-20-8-6-17(7-9-20)23-19(14-28-29-23)15-30-11-10-22(32)31(13-12-30)16-18-4-2-3-5-21(18)24(25,26)27/h2-9,14H,10-13,15-16H2,1H3,(H,28,29). The van der Waals surface area contributed by atoms with Crippen molar-refractivity contribution < 1.29 is 22.7 Å². The van der Waals surface area contributed by atoms with E-state index in [0.29, 0.717) is 26.2 Å². The number of ether oxygens (including phenoxy) is 1. The van der Waals surface area contributed by atoms with Crippen molar-refractivity contribution in [3.8, 4) is 17.0 Å². The summed E-state index contributed by atoms with van der Waals surface area (Å²) in [6.07, 6.45) is -2.43. The number of hydrogen-bond acceptors (Lipinski definition) is 4. The first-order chi connectivity index (χ1) is 15.8. The number of nitrogens with zero attached hydrogens (tertiary/aromatic N) is 3. The van der Waals surface area contributed by atoms with Crippen molar-refractivity contribution in [3.05, 3.63) is 71.4 Å². The van der Waals surface area contributed by atoms with E-state index in [1.54, 1.807) is 19.4 Å². The molecular weight excluding hydrogens is 433 g/mol. The van der Waals surface area contributed by atoms with E-state index in [2.05, 4.69) is 15.1 Å². The van der Waals surface area contributed by atoms with Gasteiger partial charge in [0.1, 0.15) is 5.75 Å². The van der Waals surface area contributed by atoms with Crippen LogP contribution in [-0.2, 0) is 24.1 Å². The van der Waals surface area contributed by atoms with Gasteiger partial charge in [0.2, 0.25) is 5.91 Å². The van der Waals surface area contributed by atoms with Gasteiger partial charge in [-0.3, -0.25) is 14.8 Å². The molecule has 0 atom stereocenters. The fraction of sp³-hybridized carbons (Fsp3) is 0.333. The summed E-state index contributed by atoms with van der Waals surface area (Å²) in [5, 5.41) is 7.22. The molecule has 4 rings (SSSR count). The number of nitrogens with one attached hydrogen (secondary N) is 1. The topological polar surface area (TPSA) is 61.5 Å². The van der Waals surface area contributed by atoms with Gasteiger partial charge < -0.3 is 9.64 Å². The van der Waals surface area contributed by atoms with Crippen LogP contribution in [0, 0.1) is 0 Å². The van der Waals surface area contributed by atoms with Crippen molar-refractivity contribution in [2.24, 2.45) is 0 Å². The molecule has 1 aliphatic heterocycles. The molecule has 1 saturated heterocycles. The fourth-order valence-corrected chi connectivity index (χ4v) is 4.06. The Balaban J connectivity index is 1.44. The average Bonchev–Trinajstić information content (AvgIpc) is 3.20. The van der Waals surface area contributed by atoms with Gasteiger partial charge in [0.05, 0.1) is 24.6 Å². The molecule has 1 amide bonds. The van der Waals surface area contributed by atoms with Crippen LogP contribution in [-0.4, -0.2) is 52.6 Å². The van der Waals surface area contributed by atoms with E-state index in [9.17, 15) is 18.0 Å². The van der Waals surface area contributed by atoms with E-state index < -0.39 is 11.7 Å². The number of aromatic nitrogens is 2. The maximum absolute atomic E-state index is 13.3. The second kappa shape index (κ2) is 9.66. The largest absolute Gasteiger partial charge is 0.497 e. The SMILES string of the molecule is COc1ccc(-c2[nH]ncc2CN2CCC(=O)N(Cc3ccccc3C(F)(F)F)CC2)cc1. The summed E-state index contributed by atoms with van der Waals surface area (Å²) in [6, 6.07) is 13.1. The summed E-state index contributed by atoms with van der Waals surface area (Å²) >= 11 is 0. The molecule has 6 nitrogen and oxygen atoms in total. The first kappa shape index (κ1) is 22.8. The monoisotopic (exact) mass is 458 g/mol. The number of carbonyl (C=O) groups is 1. The Kier molecular flexibility index (Phi) is 6.69. The van der Waals surface area contributed by atoms with Gasteiger partial charge in [0.15, 0.2) is 0 Å².